The van der Waals surface area contributed by atoms with Crippen molar-refractivity contribution in [1.29, 1.82) is 0 Å². The van der Waals surface area contributed by atoms with Crippen LogP contribution >= 0.6 is 11.8 Å². The Bertz CT molecular complexity index is 1020. The van der Waals surface area contributed by atoms with E-state index in [1.807, 2.05) is 42.7 Å². The molecule has 28 heavy (non-hydrogen) atoms. The molecule has 0 atom stereocenters. The number of rotatable bonds is 5. The number of carbonyl (C=O) groups is 2. The smallest absolute Gasteiger partial charge is 0.305 e. The number of imide groups is 1. The highest BCUT2D eigenvalue weighted by molar-refractivity contribution is 7.99. The third-order valence-electron chi connectivity index (χ3n) is 3.76. The first-order valence-electron chi connectivity index (χ1n) is 8.41. The number of hydrogen-bond acceptors (Lipinski definition) is 5. The van der Waals surface area contributed by atoms with Gasteiger partial charge in [-0.05, 0) is 43.7 Å². The van der Waals surface area contributed by atoms with Crippen LogP contribution in [0.1, 0.15) is 11.4 Å². The van der Waals surface area contributed by atoms with Crippen LogP contribution in [0, 0.1) is 19.7 Å². The molecule has 0 radical (unpaired) electrons. The van der Waals surface area contributed by atoms with Crippen LogP contribution in [-0.2, 0) is 4.79 Å². The first-order chi connectivity index (χ1) is 13.4. The Kier molecular flexibility index (Phi) is 6.05. The highest BCUT2D eigenvalue weighted by Gasteiger charge is 2.15. The van der Waals surface area contributed by atoms with Crippen molar-refractivity contribution in [2.75, 3.05) is 11.1 Å². The van der Waals surface area contributed by atoms with E-state index in [-0.39, 0.29) is 11.4 Å². The van der Waals surface area contributed by atoms with Gasteiger partial charge in [0.05, 0.1) is 11.4 Å². The molecular weight excluding hydrogens is 381 g/mol. The number of benzene rings is 2. The summed E-state index contributed by atoms with van der Waals surface area (Å²) in [4.78, 5) is 23.9. The SMILES string of the molecule is Cc1cccc(-n2c(C)nnc2SCC(=O)NC(=O)Nc2ccccc2F)c1. The number of halogens is 1. The number of carbonyl (C=O) groups excluding carboxylic acids is 2. The number of urea groups is 1. The van der Waals surface area contributed by atoms with E-state index in [0.717, 1.165) is 23.0 Å². The average molecular weight is 399 g/mol. The van der Waals surface area contributed by atoms with E-state index in [1.165, 1.54) is 18.2 Å². The second-order valence-electron chi connectivity index (χ2n) is 5.98. The van der Waals surface area contributed by atoms with Gasteiger partial charge in [-0.3, -0.25) is 14.7 Å². The van der Waals surface area contributed by atoms with E-state index in [1.54, 1.807) is 6.07 Å². The van der Waals surface area contributed by atoms with Crippen molar-refractivity contribution < 1.29 is 14.0 Å². The van der Waals surface area contributed by atoms with Gasteiger partial charge in [-0.15, -0.1) is 10.2 Å². The van der Waals surface area contributed by atoms with Crippen LogP contribution in [0.4, 0.5) is 14.9 Å². The van der Waals surface area contributed by atoms with Gasteiger partial charge in [-0.1, -0.05) is 36.0 Å². The number of amides is 3. The lowest BCUT2D eigenvalue weighted by atomic mass is 10.2. The number of nitrogens with one attached hydrogen (secondary N) is 2. The van der Waals surface area contributed by atoms with Crippen molar-refractivity contribution >= 4 is 29.4 Å². The fourth-order valence-electron chi connectivity index (χ4n) is 2.51. The molecule has 3 rings (SSSR count). The summed E-state index contributed by atoms with van der Waals surface area (Å²) in [6.45, 7) is 3.80. The molecule has 1 aromatic heterocycles. The lowest BCUT2D eigenvalue weighted by Crippen LogP contribution is -2.35. The molecule has 2 aromatic carbocycles. The minimum Gasteiger partial charge on any atom is -0.305 e. The Balaban J connectivity index is 1.61. The van der Waals surface area contributed by atoms with Crippen LogP contribution in [-0.4, -0.2) is 32.5 Å². The number of hydrogen-bond donors (Lipinski definition) is 2. The van der Waals surface area contributed by atoms with Gasteiger partial charge in [0.25, 0.3) is 0 Å². The number of nitrogens with zero attached hydrogens (tertiary/aromatic N) is 3. The molecule has 0 aliphatic carbocycles. The zero-order chi connectivity index (χ0) is 20.1. The molecule has 0 fully saturated rings. The number of anilines is 1. The van der Waals surface area contributed by atoms with E-state index in [2.05, 4.69) is 20.8 Å². The second kappa shape index (κ2) is 8.66. The highest BCUT2D eigenvalue weighted by Crippen LogP contribution is 2.22. The summed E-state index contributed by atoms with van der Waals surface area (Å²) in [6, 6.07) is 12.7. The Morgan fingerprint density at radius 3 is 2.64 bits per heavy atom. The van der Waals surface area contributed by atoms with Crippen molar-refractivity contribution in [3.63, 3.8) is 0 Å². The first-order valence-corrected chi connectivity index (χ1v) is 9.40. The fraction of sp³-hybridized carbons (Fsp3) is 0.158. The third-order valence-corrected chi connectivity index (χ3v) is 4.69. The molecule has 2 N–H and O–H groups in total. The van der Waals surface area contributed by atoms with E-state index in [9.17, 15) is 14.0 Å². The van der Waals surface area contributed by atoms with Gasteiger partial charge < -0.3 is 5.32 Å². The quantitative estimate of drug-likeness (QED) is 0.642. The zero-order valence-corrected chi connectivity index (χ0v) is 16.1. The van der Waals surface area contributed by atoms with Crippen molar-refractivity contribution in [1.82, 2.24) is 20.1 Å². The van der Waals surface area contributed by atoms with Gasteiger partial charge in [0.2, 0.25) is 5.91 Å². The molecule has 3 aromatic rings. The summed E-state index contributed by atoms with van der Waals surface area (Å²) >= 11 is 1.15. The van der Waals surface area contributed by atoms with Gasteiger partial charge >= 0.3 is 6.03 Å². The fourth-order valence-corrected chi connectivity index (χ4v) is 3.31. The Morgan fingerprint density at radius 2 is 1.89 bits per heavy atom. The van der Waals surface area contributed by atoms with Crippen LogP contribution < -0.4 is 10.6 Å². The lowest BCUT2D eigenvalue weighted by molar-refractivity contribution is -0.117. The van der Waals surface area contributed by atoms with Gasteiger partial charge in [0, 0.05) is 5.69 Å². The van der Waals surface area contributed by atoms with E-state index in [4.69, 9.17) is 0 Å². The Morgan fingerprint density at radius 1 is 1.11 bits per heavy atom. The number of aryl methyl sites for hydroxylation is 2. The van der Waals surface area contributed by atoms with Crippen molar-refractivity contribution in [3.8, 4) is 5.69 Å². The summed E-state index contributed by atoms with van der Waals surface area (Å²) in [7, 11) is 0. The van der Waals surface area contributed by atoms with Crippen LogP contribution in [0.15, 0.2) is 53.7 Å². The molecular formula is C19H18FN5O2S. The van der Waals surface area contributed by atoms with Gasteiger partial charge in [-0.25, -0.2) is 9.18 Å². The van der Waals surface area contributed by atoms with Gasteiger partial charge in [0.15, 0.2) is 5.16 Å². The molecule has 7 nitrogen and oxygen atoms in total. The second-order valence-corrected chi connectivity index (χ2v) is 6.92. The van der Waals surface area contributed by atoms with Crippen LogP contribution in [0.5, 0.6) is 0 Å². The van der Waals surface area contributed by atoms with Gasteiger partial charge in [-0.2, -0.15) is 0 Å². The van der Waals surface area contributed by atoms with Crippen LogP contribution in [0.2, 0.25) is 0 Å². The van der Waals surface area contributed by atoms with Crippen molar-refractivity contribution in [2.45, 2.75) is 19.0 Å². The summed E-state index contributed by atoms with van der Waals surface area (Å²) in [5, 5.41) is 13.2. The maximum Gasteiger partial charge on any atom is 0.325 e. The van der Waals surface area contributed by atoms with Crippen LogP contribution in [0.3, 0.4) is 0 Å². The zero-order valence-electron chi connectivity index (χ0n) is 15.3. The predicted molar refractivity (Wildman–Crippen MR) is 105 cm³/mol. The summed E-state index contributed by atoms with van der Waals surface area (Å²) in [5.41, 5.74) is 1.97. The Hall–Kier alpha value is -3.20. The molecule has 144 valence electrons. The molecule has 3 amide bonds. The van der Waals surface area contributed by atoms with Crippen molar-refractivity contribution in [3.05, 3.63) is 65.7 Å². The molecule has 0 bridgehead atoms. The summed E-state index contributed by atoms with van der Waals surface area (Å²) < 4.78 is 15.4. The average Bonchev–Trinajstić information content (AvgIpc) is 3.02. The largest absolute Gasteiger partial charge is 0.325 e. The van der Waals surface area contributed by atoms with Gasteiger partial charge in [0.1, 0.15) is 11.6 Å². The third kappa shape index (κ3) is 4.74. The molecule has 0 unspecified atom stereocenters. The Labute approximate surface area is 165 Å². The molecule has 0 saturated heterocycles. The molecule has 0 spiro atoms. The van der Waals surface area contributed by atoms with E-state index >= 15 is 0 Å². The number of para-hydroxylation sites is 1. The topological polar surface area (TPSA) is 88.9 Å². The maximum atomic E-state index is 13.5. The van der Waals surface area contributed by atoms with Crippen LogP contribution in [0.25, 0.3) is 5.69 Å². The minimum absolute atomic E-state index is 0.00438. The molecule has 0 aliphatic rings. The normalized spacial score (nSPS) is 10.5. The molecule has 0 aliphatic heterocycles. The number of thioether (sulfide) groups is 1. The first kappa shape index (κ1) is 19.6. The monoisotopic (exact) mass is 399 g/mol. The maximum absolute atomic E-state index is 13.5. The lowest BCUT2D eigenvalue weighted by Gasteiger charge is -2.09. The number of aromatic nitrogens is 3. The van der Waals surface area contributed by atoms with E-state index in [0.29, 0.717) is 11.0 Å². The predicted octanol–water partition coefficient (Wildman–Crippen LogP) is 3.46. The highest BCUT2D eigenvalue weighted by atomic mass is 32.2. The summed E-state index contributed by atoms with van der Waals surface area (Å²) in [6.07, 6.45) is 0. The standard InChI is InChI=1S/C19H18FN5O2S/c1-12-6-5-7-14(10-12)25-13(2)23-24-19(25)28-11-17(26)22-18(27)21-16-9-4-3-8-15(16)20/h3-10H,11H2,1-2H3,(H2,21,22,26,27). The minimum atomic E-state index is -0.799. The molecule has 0 saturated carbocycles. The molecule has 9 heteroatoms. The summed E-state index contributed by atoms with van der Waals surface area (Å²) in [5.74, 6) is -0.475. The van der Waals surface area contributed by atoms with E-state index < -0.39 is 17.8 Å². The van der Waals surface area contributed by atoms with Crippen molar-refractivity contribution in [2.24, 2.45) is 0 Å². The molecule has 1 heterocycles.